The zero-order valence-electron chi connectivity index (χ0n) is 19.2. The fourth-order valence-corrected chi connectivity index (χ4v) is 4.12. The highest BCUT2D eigenvalue weighted by molar-refractivity contribution is 6.42. The Hall–Kier alpha value is -3.07. The van der Waals surface area contributed by atoms with Crippen LogP contribution in [0.25, 0.3) is 0 Å². The van der Waals surface area contributed by atoms with Gasteiger partial charge in [0.2, 0.25) is 5.96 Å². The molecule has 0 spiro atoms. The summed E-state index contributed by atoms with van der Waals surface area (Å²) in [5, 5.41) is 7.07. The summed E-state index contributed by atoms with van der Waals surface area (Å²) in [6, 6.07) is 14.0. The van der Waals surface area contributed by atoms with E-state index < -0.39 is 6.03 Å². The van der Waals surface area contributed by atoms with E-state index in [1.54, 1.807) is 18.2 Å². The number of piperazine rings is 1. The fraction of sp³-hybridized carbons (Fsp3) is 0.250. The molecule has 8 nitrogen and oxygen atoms in total. The van der Waals surface area contributed by atoms with E-state index in [-0.39, 0.29) is 5.95 Å². The average molecular weight is 533 g/mol. The van der Waals surface area contributed by atoms with Crippen LogP contribution in [-0.4, -0.2) is 53.0 Å². The number of halogens is 3. The Kier molecular flexibility index (Phi) is 7.95. The maximum absolute atomic E-state index is 12.8. The molecule has 1 aliphatic rings. The van der Waals surface area contributed by atoms with Gasteiger partial charge in [-0.15, -0.1) is 0 Å². The van der Waals surface area contributed by atoms with Gasteiger partial charge in [0.25, 0.3) is 5.95 Å². The van der Waals surface area contributed by atoms with Gasteiger partial charge < -0.3 is 15.1 Å². The number of rotatable bonds is 3. The van der Waals surface area contributed by atoms with Crippen molar-refractivity contribution in [2.75, 3.05) is 36.4 Å². The molecule has 0 saturated carbocycles. The van der Waals surface area contributed by atoms with Crippen molar-refractivity contribution >= 4 is 64.1 Å². The Morgan fingerprint density at radius 1 is 0.886 bits per heavy atom. The minimum absolute atomic E-state index is 0.285. The molecule has 2 aromatic carbocycles. The normalized spacial score (nSPS) is 14.1. The second-order valence-electron chi connectivity index (χ2n) is 8.04. The first kappa shape index (κ1) is 25.0. The van der Waals surface area contributed by atoms with Crippen molar-refractivity contribution in [1.82, 2.24) is 20.2 Å². The number of carbonyl (C=O) groups excluding carboxylic acids is 1. The number of aliphatic imine (C=N–C) groups is 1. The maximum atomic E-state index is 12.8. The van der Waals surface area contributed by atoms with Crippen LogP contribution in [0.15, 0.2) is 53.5 Å². The molecule has 1 aliphatic heterocycles. The molecule has 1 aromatic heterocycles. The number of carbonyl (C=O) groups is 1. The first-order valence-electron chi connectivity index (χ1n) is 11.0. The lowest BCUT2D eigenvalue weighted by molar-refractivity contribution is 0.254. The predicted molar refractivity (Wildman–Crippen MR) is 142 cm³/mol. The molecule has 0 bridgehead atoms. The fourth-order valence-electron chi connectivity index (χ4n) is 3.70. The van der Waals surface area contributed by atoms with E-state index in [0.717, 1.165) is 30.2 Å². The van der Waals surface area contributed by atoms with E-state index in [4.69, 9.17) is 34.8 Å². The molecule has 0 unspecified atom stereocenters. The number of guanidine groups is 1. The lowest BCUT2D eigenvalue weighted by atomic mass is 10.2. The van der Waals surface area contributed by atoms with Crippen molar-refractivity contribution in [1.29, 1.82) is 0 Å². The Morgan fingerprint density at radius 2 is 1.54 bits per heavy atom. The standard InChI is InChI=1S/C24H24Cl3N7O/c1-15-13-16(2)29-22(28-15)31-23(32-24(35)30-18-5-8-20(26)21(27)14-18)34-11-9-33(10-12-34)19-6-3-17(25)4-7-19/h3-8,13-14H,9-12H2,1-2H3,(H2,28,29,30,31,32,35). The topological polar surface area (TPSA) is 85.7 Å². The number of benzene rings is 2. The van der Waals surface area contributed by atoms with Gasteiger partial charge in [0.1, 0.15) is 0 Å². The predicted octanol–water partition coefficient (Wildman–Crippen LogP) is 5.69. The Bertz CT molecular complexity index is 1220. The highest BCUT2D eigenvalue weighted by Crippen LogP contribution is 2.25. The van der Waals surface area contributed by atoms with Crippen LogP contribution in [0.2, 0.25) is 15.1 Å². The molecule has 2 amide bonds. The van der Waals surface area contributed by atoms with Crippen LogP contribution in [0.1, 0.15) is 11.4 Å². The van der Waals surface area contributed by atoms with Gasteiger partial charge in [0.05, 0.1) is 10.0 Å². The summed E-state index contributed by atoms with van der Waals surface area (Å²) in [7, 11) is 0. The van der Waals surface area contributed by atoms with Crippen LogP contribution >= 0.6 is 34.8 Å². The SMILES string of the molecule is Cc1cc(C)nc(/N=C(/NC(=O)Nc2ccc(Cl)c(Cl)c2)N2CCN(c3ccc(Cl)cc3)CC2)n1. The number of nitrogens with zero attached hydrogens (tertiary/aromatic N) is 5. The van der Waals surface area contributed by atoms with Gasteiger partial charge in [-0.25, -0.2) is 14.8 Å². The molecule has 1 fully saturated rings. The number of urea groups is 1. The largest absolute Gasteiger partial charge is 0.368 e. The van der Waals surface area contributed by atoms with Crippen molar-refractivity contribution in [3.8, 4) is 0 Å². The van der Waals surface area contributed by atoms with Gasteiger partial charge in [-0.05, 0) is 62.4 Å². The molecule has 11 heteroatoms. The van der Waals surface area contributed by atoms with E-state index in [1.165, 1.54) is 0 Å². The summed E-state index contributed by atoms with van der Waals surface area (Å²) >= 11 is 18.1. The second-order valence-corrected chi connectivity index (χ2v) is 9.30. The van der Waals surface area contributed by atoms with Gasteiger partial charge in [0, 0.05) is 54.0 Å². The lowest BCUT2D eigenvalue weighted by Gasteiger charge is -2.37. The van der Waals surface area contributed by atoms with E-state index in [0.29, 0.717) is 39.8 Å². The average Bonchev–Trinajstić information content (AvgIpc) is 2.81. The first-order valence-corrected chi connectivity index (χ1v) is 12.1. The molecule has 3 aromatic rings. The zero-order chi connectivity index (χ0) is 24.9. The molecule has 4 rings (SSSR count). The summed E-state index contributed by atoms with van der Waals surface area (Å²) < 4.78 is 0. The highest BCUT2D eigenvalue weighted by atomic mass is 35.5. The molecule has 0 aliphatic carbocycles. The van der Waals surface area contributed by atoms with Crippen LogP contribution < -0.4 is 15.5 Å². The zero-order valence-corrected chi connectivity index (χ0v) is 21.5. The van der Waals surface area contributed by atoms with E-state index in [9.17, 15) is 4.79 Å². The lowest BCUT2D eigenvalue weighted by Crippen LogP contribution is -2.54. The molecule has 2 heterocycles. The van der Waals surface area contributed by atoms with Gasteiger partial charge in [0.15, 0.2) is 0 Å². The summed E-state index contributed by atoms with van der Waals surface area (Å²) in [6.45, 7) is 6.51. The third kappa shape index (κ3) is 6.75. The Labute approximate surface area is 218 Å². The van der Waals surface area contributed by atoms with Crippen molar-refractivity contribution < 1.29 is 4.79 Å². The maximum Gasteiger partial charge on any atom is 0.326 e. The number of nitrogens with one attached hydrogen (secondary N) is 2. The van der Waals surface area contributed by atoms with E-state index in [1.807, 2.05) is 49.1 Å². The molecular weight excluding hydrogens is 509 g/mol. The minimum atomic E-state index is -0.466. The quantitative estimate of drug-likeness (QED) is 0.335. The van der Waals surface area contributed by atoms with Gasteiger partial charge >= 0.3 is 6.03 Å². The monoisotopic (exact) mass is 531 g/mol. The van der Waals surface area contributed by atoms with Crippen molar-refractivity contribution in [3.05, 3.63) is 75.0 Å². The summed E-state index contributed by atoms with van der Waals surface area (Å²) in [5.74, 6) is 0.649. The van der Waals surface area contributed by atoms with Gasteiger partial charge in [-0.2, -0.15) is 4.99 Å². The number of hydrogen-bond donors (Lipinski definition) is 2. The molecule has 0 atom stereocenters. The summed E-state index contributed by atoms with van der Waals surface area (Å²) in [5.41, 5.74) is 3.19. The van der Waals surface area contributed by atoms with Gasteiger partial charge in [-0.3, -0.25) is 5.32 Å². The number of aryl methyl sites for hydroxylation is 2. The van der Waals surface area contributed by atoms with Gasteiger partial charge in [-0.1, -0.05) is 34.8 Å². The van der Waals surface area contributed by atoms with Crippen LogP contribution in [0.4, 0.5) is 22.1 Å². The summed E-state index contributed by atoms with van der Waals surface area (Å²) in [6.07, 6.45) is 0. The van der Waals surface area contributed by atoms with Crippen molar-refractivity contribution in [2.24, 2.45) is 4.99 Å². The van der Waals surface area contributed by atoms with Crippen LogP contribution in [-0.2, 0) is 0 Å². The van der Waals surface area contributed by atoms with Crippen LogP contribution in [0.5, 0.6) is 0 Å². The molecule has 182 valence electrons. The Balaban J connectivity index is 1.52. The molecule has 2 N–H and O–H groups in total. The highest BCUT2D eigenvalue weighted by Gasteiger charge is 2.22. The van der Waals surface area contributed by atoms with Crippen molar-refractivity contribution in [2.45, 2.75) is 13.8 Å². The summed E-state index contributed by atoms with van der Waals surface area (Å²) in [4.78, 5) is 30.5. The second kappa shape index (κ2) is 11.1. The number of aromatic nitrogens is 2. The molecule has 0 radical (unpaired) electrons. The number of anilines is 2. The smallest absolute Gasteiger partial charge is 0.326 e. The van der Waals surface area contributed by atoms with E-state index in [2.05, 4.69) is 30.5 Å². The van der Waals surface area contributed by atoms with Crippen molar-refractivity contribution in [3.63, 3.8) is 0 Å². The van der Waals surface area contributed by atoms with Crippen LogP contribution in [0.3, 0.4) is 0 Å². The minimum Gasteiger partial charge on any atom is -0.368 e. The third-order valence-corrected chi connectivity index (χ3v) is 6.34. The first-order chi connectivity index (χ1) is 16.8. The number of amides is 2. The molecule has 35 heavy (non-hydrogen) atoms. The molecule has 1 saturated heterocycles. The third-order valence-electron chi connectivity index (χ3n) is 5.35. The van der Waals surface area contributed by atoms with Crippen LogP contribution in [0, 0.1) is 13.8 Å². The molecular formula is C24H24Cl3N7O. The number of hydrogen-bond acceptors (Lipinski definition) is 5. The Morgan fingerprint density at radius 3 is 2.17 bits per heavy atom. The van der Waals surface area contributed by atoms with E-state index >= 15 is 0 Å².